The van der Waals surface area contributed by atoms with Crippen molar-refractivity contribution in [3.63, 3.8) is 0 Å². The molecule has 2 atom stereocenters. The number of carbonyl (C=O) groups excluding carboxylic acids is 1. The smallest absolute Gasteiger partial charge is 0.257 e. The van der Waals surface area contributed by atoms with E-state index >= 15 is 0 Å². The van der Waals surface area contributed by atoms with E-state index in [-0.39, 0.29) is 31.6 Å². The molecule has 0 fully saturated rings. The van der Waals surface area contributed by atoms with Gasteiger partial charge in [0.2, 0.25) is 0 Å². The predicted octanol–water partition coefficient (Wildman–Crippen LogP) is 5.12. The van der Waals surface area contributed by atoms with E-state index < -0.39 is 11.3 Å². The molecule has 35 heavy (non-hydrogen) atoms. The van der Waals surface area contributed by atoms with E-state index in [2.05, 4.69) is 4.98 Å². The third-order valence-electron chi connectivity index (χ3n) is 6.18. The molecular formula is C27H28Cl2N2O4. The summed E-state index contributed by atoms with van der Waals surface area (Å²) in [4.78, 5) is 20.0. The van der Waals surface area contributed by atoms with Crippen LogP contribution in [0, 0.1) is 5.92 Å². The minimum atomic E-state index is -1.29. The molecule has 1 unspecified atom stereocenters. The molecule has 3 aromatic rings. The second-order valence-corrected chi connectivity index (χ2v) is 10.3. The van der Waals surface area contributed by atoms with Gasteiger partial charge in [-0.25, -0.2) is 0 Å². The van der Waals surface area contributed by atoms with E-state index in [4.69, 9.17) is 27.9 Å². The van der Waals surface area contributed by atoms with Gasteiger partial charge in [0, 0.05) is 40.4 Å². The third kappa shape index (κ3) is 4.95. The molecule has 184 valence electrons. The van der Waals surface area contributed by atoms with Crippen molar-refractivity contribution in [1.82, 2.24) is 9.88 Å². The lowest BCUT2D eigenvalue weighted by Gasteiger charge is -2.40. The van der Waals surface area contributed by atoms with E-state index in [0.717, 1.165) is 0 Å². The molecule has 1 aliphatic rings. The van der Waals surface area contributed by atoms with Gasteiger partial charge in [-0.15, -0.1) is 0 Å². The minimum absolute atomic E-state index is 0.0616. The summed E-state index contributed by atoms with van der Waals surface area (Å²) in [5.74, 6) is -0.418. The van der Waals surface area contributed by atoms with Crippen LogP contribution in [0.5, 0.6) is 0 Å². The van der Waals surface area contributed by atoms with E-state index in [1.54, 1.807) is 55.1 Å². The van der Waals surface area contributed by atoms with Crippen LogP contribution < -0.4 is 0 Å². The molecule has 2 aromatic carbocycles. The molecule has 0 saturated carbocycles. The number of aromatic nitrogens is 1. The number of aliphatic hydroxyl groups excluding tert-OH is 1. The summed E-state index contributed by atoms with van der Waals surface area (Å²) in [5.41, 5.74) is 0.627. The number of amides is 1. The first-order chi connectivity index (χ1) is 16.6. The zero-order valence-electron chi connectivity index (χ0n) is 19.8. The lowest BCUT2D eigenvalue weighted by atomic mass is 9.89. The molecule has 0 saturated heterocycles. The van der Waals surface area contributed by atoms with Crippen LogP contribution in [0.4, 0.5) is 0 Å². The van der Waals surface area contributed by atoms with Gasteiger partial charge >= 0.3 is 0 Å². The largest absolute Gasteiger partial charge is 0.396 e. The highest BCUT2D eigenvalue weighted by molar-refractivity contribution is 6.30. The standard InChI is InChI=1S/C27H28Cl2N2O4/c1-17(15-32)16-35-27(18-4-7-20(28)8-5-18)24-11-6-19(26(2,3)34)12-23(24)25(33)31(27)14-22-10-9-21(29)13-30-22/h4-13,17,32,34H,14-16H2,1-3H3/t17-,27?/m1/s1. The number of rotatable bonds is 8. The molecule has 6 nitrogen and oxygen atoms in total. The highest BCUT2D eigenvalue weighted by Gasteiger charge is 2.52. The maximum Gasteiger partial charge on any atom is 0.257 e. The monoisotopic (exact) mass is 514 g/mol. The van der Waals surface area contributed by atoms with Crippen molar-refractivity contribution in [2.45, 2.75) is 38.6 Å². The van der Waals surface area contributed by atoms with Crippen molar-refractivity contribution >= 4 is 29.1 Å². The summed E-state index contributed by atoms with van der Waals surface area (Å²) < 4.78 is 6.59. The summed E-state index contributed by atoms with van der Waals surface area (Å²) in [6.45, 7) is 5.51. The lowest BCUT2D eigenvalue weighted by Crippen LogP contribution is -2.47. The van der Waals surface area contributed by atoms with Crippen molar-refractivity contribution in [2.75, 3.05) is 13.2 Å². The fourth-order valence-electron chi connectivity index (χ4n) is 4.22. The predicted molar refractivity (Wildman–Crippen MR) is 135 cm³/mol. The van der Waals surface area contributed by atoms with Crippen LogP contribution in [0.3, 0.4) is 0 Å². The van der Waals surface area contributed by atoms with Crippen molar-refractivity contribution in [2.24, 2.45) is 5.92 Å². The first kappa shape index (κ1) is 25.6. The fraction of sp³-hybridized carbons (Fsp3) is 0.333. The van der Waals surface area contributed by atoms with Crippen molar-refractivity contribution in [3.8, 4) is 0 Å². The molecule has 8 heteroatoms. The Morgan fingerprint density at radius 1 is 1.09 bits per heavy atom. The molecule has 1 aliphatic heterocycles. The van der Waals surface area contributed by atoms with E-state index in [0.29, 0.717) is 38.0 Å². The second-order valence-electron chi connectivity index (χ2n) is 9.43. The van der Waals surface area contributed by atoms with Crippen LogP contribution in [0.1, 0.15) is 53.5 Å². The number of nitrogens with zero attached hydrogens (tertiary/aromatic N) is 2. The maximum absolute atomic E-state index is 14.0. The topological polar surface area (TPSA) is 82.9 Å². The summed E-state index contributed by atoms with van der Waals surface area (Å²) >= 11 is 12.2. The molecule has 2 heterocycles. The van der Waals surface area contributed by atoms with Crippen LogP contribution in [-0.4, -0.2) is 39.2 Å². The van der Waals surface area contributed by atoms with Gasteiger partial charge in [0.15, 0.2) is 5.72 Å². The lowest BCUT2D eigenvalue weighted by molar-refractivity contribution is -0.123. The van der Waals surface area contributed by atoms with Crippen LogP contribution in [0.2, 0.25) is 10.0 Å². The van der Waals surface area contributed by atoms with Crippen LogP contribution in [-0.2, 0) is 22.6 Å². The molecule has 4 rings (SSSR count). The third-order valence-corrected chi connectivity index (χ3v) is 6.65. The molecule has 0 bridgehead atoms. The van der Waals surface area contributed by atoms with Gasteiger partial charge in [-0.2, -0.15) is 0 Å². The van der Waals surface area contributed by atoms with E-state index in [1.807, 2.05) is 25.1 Å². The fourth-order valence-corrected chi connectivity index (χ4v) is 4.46. The Morgan fingerprint density at radius 3 is 2.37 bits per heavy atom. The summed E-state index contributed by atoms with van der Waals surface area (Å²) in [5, 5.41) is 21.3. The Morgan fingerprint density at radius 2 is 1.77 bits per heavy atom. The highest BCUT2D eigenvalue weighted by atomic mass is 35.5. The first-order valence-corrected chi connectivity index (χ1v) is 12.1. The number of halogens is 2. The van der Waals surface area contributed by atoms with Gasteiger partial charge < -0.3 is 14.9 Å². The van der Waals surface area contributed by atoms with Crippen LogP contribution in [0.25, 0.3) is 0 Å². The van der Waals surface area contributed by atoms with Crippen LogP contribution in [0.15, 0.2) is 60.8 Å². The molecule has 0 radical (unpaired) electrons. The maximum atomic E-state index is 14.0. The average Bonchev–Trinajstić information content (AvgIpc) is 3.06. The molecule has 0 aliphatic carbocycles. The Kier molecular flexibility index (Phi) is 7.23. The molecule has 1 aromatic heterocycles. The number of hydrogen-bond acceptors (Lipinski definition) is 5. The van der Waals surface area contributed by atoms with Gasteiger partial charge in [-0.05, 0) is 49.7 Å². The molecule has 0 spiro atoms. The number of pyridine rings is 1. The van der Waals surface area contributed by atoms with Crippen molar-refractivity contribution < 1.29 is 19.7 Å². The zero-order chi connectivity index (χ0) is 25.4. The van der Waals surface area contributed by atoms with Crippen LogP contribution >= 0.6 is 23.2 Å². The molecular weight excluding hydrogens is 487 g/mol. The van der Waals surface area contributed by atoms with Gasteiger partial charge in [-0.3, -0.25) is 14.7 Å². The number of fused-ring (bicyclic) bond motifs is 1. The van der Waals surface area contributed by atoms with Gasteiger partial charge in [0.25, 0.3) is 5.91 Å². The quantitative estimate of drug-likeness (QED) is 0.435. The Labute approximate surface area is 215 Å². The number of ether oxygens (including phenoxy) is 1. The van der Waals surface area contributed by atoms with Gasteiger partial charge in [0.05, 0.1) is 29.5 Å². The first-order valence-electron chi connectivity index (χ1n) is 11.4. The number of carbonyl (C=O) groups is 1. The molecule has 1 amide bonds. The Bertz CT molecular complexity index is 1210. The number of benzene rings is 2. The van der Waals surface area contributed by atoms with Crippen molar-refractivity contribution in [3.05, 3.63) is 98.8 Å². The second kappa shape index (κ2) is 9.88. The van der Waals surface area contributed by atoms with E-state index in [1.165, 1.54) is 6.20 Å². The summed E-state index contributed by atoms with van der Waals surface area (Å²) in [6, 6.07) is 16.0. The number of hydrogen-bond donors (Lipinski definition) is 2. The van der Waals surface area contributed by atoms with Gasteiger partial charge in [0.1, 0.15) is 0 Å². The Hall–Kier alpha value is -2.48. The summed E-state index contributed by atoms with van der Waals surface area (Å²) in [6.07, 6.45) is 1.54. The zero-order valence-corrected chi connectivity index (χ0v) is 21.3. The van der Waals surface area contributed by atoms with Gasteiger partial charge in [-0.1, -0.05) is 54.4 Å². The van der Waals surface area contributed by atoms with E-state index in [9.17, 15) is 15.0 Å². The average molecular weight is 515 g/mol. The SMILES string of the molecule is C[C@H](CO)COC1(c2ccc(Cl)cc2)c2ccc(C(C)(C)O)cc2C(=O)N1Cc1ccc(Cl)cn1. The highest BCUT2D eigenvalue weighted by Crippen LogP contribution is 2.47. The normalized spacial score (nSPS) is 18.6. The minimum Gasteiger partial charge on any atom is -0.396 e. The molecule has 2 N–H and O–H groups in total. The Balaban J connectivity index is 1.93. The number of aliphatic hydroxyl groups is 2. The van der Waals surface area contributed by atoms with Crippen molar-refractivity contribution in [1.29, 1.82) is 0 Å². The summed E-state index contributed by atoms with van der Waals surface area (Å²) in [7, 11) is 0.